The highest BCUT2D eigenvalue weighted by atomic mass is 79.9. The van der Waals surface area contributed by atoms with Crippen molar-refractivity contribution in [3.05, 3.63) is 58.7 Å². The number of phenols is 1. The molecule has 0 fully saturated rings. The van der Waals surface area contributed by atoms with Crippen LogP contribution in [0.3, 0.4) is 0 Å². The predicted octanol–water partition coefficient (Wildman–Crippen LogP) is 4.62. The lowest BCUT2D eigenvalue weighted by atomic mass is 10.1. The Bertz CT molecular complexity index is 912. The number of nitrogens with one attached hydrogen (secondary N) is 1. The molecule has 5 nitrogen and oxygen atoms in total. The molecule has 0 amide bonds. The van der Waals surface area contributed by atoms with Crippen LogP contribution in [0.15, 0.2) is 53.1 Å². The average molecular weight is 387 g/mol. The highest BCUT2D eigenvalue weighted by Crippen LogP contribution is 2.34. The molecule has 0 aliphatic heterocycles. The summed E-state index contributed by atoms with van der Waals surface area (Å²) >= 11 is 3.44. The van der Waals surface area contributed by atoms with Crippen LogP contribution in [-0.2, 0) is 4.74 Å². The first-order valence-electron chi connectivity index (χ1n) is 7.40. The molecule has 0 unspecified atom stereocenters. The fourth-order valence-corrected chi connectivity index (χ4v) is 2.74. The first kappa shape index (κ1) is 16.3. The number of carbonyl (C=O) groups is 1. The molecule has 24 heavy (non-hydrogen) atoms. The zero-order valence-corrected chi connectivity index (χ0v) is 14.5. The van der Waals surface area contributed by atoms with E-state index in [4.69, 9.17) is 4.74 Å². The maximum absolute atomic E-state index is 12.3. The average Bonchev–Trinajstić information content (AvgIpc) is 2.57. The van der Waals surface area contributed by atoms with E-state index in [0.717, 1.165) is 15.4 Å². The van der Waals surface area contributed by atoms with Crippen LogP contribution in [0.4, 0.5) is 11.4 Å². The zero-order valence-electron chi connectivity index (χ0n) is 12.9. The number of rotatable bonds is 4. The Morgan fingerprint density at radius 3 is 2.83 bits per heavy atom. The van der Waals surface area contributed by atoms with Crippen molar-refractivity contribution < 1.29 is 14.6 Å². The van der Waals surface area contributed by atoms with E-state index < -0.39 is 5.97 Å². The van der Waals surface area contributed by atoms with Crippen molar-refractivity contribution in [3.63, 3.8) is 0 Å². The summed E-state index contributed by atoms with van der Waals surface area (Å²) < 4.78 is 5.98. The third kappa shape index (κ3) is 3.19. The number of esters is 1. The Hall–Kier alpha value is -2.60. The van der Waals surface area contributed by atoms with Gasteiger partial charge < -0.3 is 15.2 Å². The van der Waals surface area contributed by atoms with Crippen molar-refractivity contribution >= 4 is 44.2 Å². The van der Waals surface area contributed by atoms with E-state index >= 15 is 0 Å². The van der Waals surface area contributed by atoms with E-state index in [1.807, 2.05) is 18.2 Å². The molecule has 3 rings (SSSR count). The van der Waals surface area contributed by atoms with Gasteiger partial charge in [0.15, 0.2) is 0 Å². The standard InChI is InChI=1S/C18H15BrN2O3/c1-2-24-18(23)13-10-20-14-8-7-11(19)9-12(14)17(13)21-15-5-3-4-6-16(15)22/h3-10,22H,2H2,1H3,(H,20,21). The van der Waals surface area contributed by atoms with Crippen LogP contribution in [0.2, 0.25) is 0 Å². The number of hydrogen-bond acceptors (Lipinski definition) is 5. The number of pyridine rings is 1. The van der Waals surface area contributed by atoms with Gasteiger partial charge in [0.05, 0.1) is 23.5 Å². The second-order valence-electron chi connectivity index (χ2n) is 5.07. The van der Waals surface area contributed by atoms with Crippen LogP contribution >= 0.6 is 15.9 Å². The number of benzene rings is 2. The van der Waals surface area contributed by atoms with E-state index in [-0.39, 0.29) is 12.4 Å². The summed E-state index contributed by atoms with van der Waals surface area (Å²) in [6, 6.07) is 12.4. The monoisotopic (exact) mass is 386 g/mol. The number of nitrogens with zero attached hydrogens (tertiary/aromatic N) is 1. The van der Waals surface area contributed by atoms with Crippen LogP contribution in [-0.4, -0.2) is 22.7 Å². The van der Waals surface area contributed by atoms with Gasteiger partial charge in [0.2, 0.25) is 0 Å². The number of phenolic OH excluding ortho intramolecular Hbond substituents is 1. The maximum Gasteiger partial charge on any atom is 0.341 e. The Kier molecular flexibility index (Phi) is 4.66. The predicted molar refractivity (Wildman–Crippen MR) is 96.8 cm³/mol. The van der Waals surface area contributed by atoms with E-state index in [0.29, 0.717) is 16.9 Å². The molecule has 122 valence electrons. The normalized spacial score (nSPS) is 10.6. The van der Waals surface area contributed by atoms with E-state index in [1.54, 1.807) is 31.2 Å². The van der Waals surface area contributed by atoms with Gasteiger partial charge in [-0.05, 0) is 37.3 Å². The summed E-state index contributed by atoms with van der Waals surface area (Å²) in [5, 5.41) is 13.9. The summed E-state index contributed by atoms with van der Waals surface area (Å²) in [7, 11) is 0. The second-order valence-corrected chi connectivity index (χ2v) is 5.99. The number of carbonyl (C=O) groups excluding carboxylic acids is 1. The fraction of sp³-hybridized carbons (Fsp3) is 0.111. The summed E-state index contributed by atoms with van der Waals surface area (Å²) in [6.45, 7) is 2.02. The summed E-state index contributed by atoms with van der Waals surface area (Å²) in [6.07, 6.45) is 1.48. The molecule has 0 bridgehead atoms. The number of ether oxygens (including phenoxy) is 1. The lowest BCUT2D eigenvalue weighted by Crippen LogP contribution is -2.09. The molecule has 2 N–H and O–H groups in total. The third-order valence-corrected chi connectivity index (χ3v) is 3.98. The number of anilines is 2. The summed E-state index contributed by atoms with van der Waals surface area (Å²) in [4.78, 5) is 16.6. The molecule has 0 aliphatic rings. The van der Waals surface area contributed by atoms with Gasteiger partial charge in [0, 0.05) is 16.1 Å². The molecule has 0 radical (unpaired) electrons. The highest BCUT2D eigenvalue weighted by Gasteiger charge is 2.18. The first-order chi connectivity index (χ1) is 11.6. The summed E-state index contributed by atoms with van der Waals surface area (Å²) in [5.74, 6) is -0.378. The zero-order chi connectivity index (χ0) is 17.1. The van der Waals surface area contributed by atoms with Gasteiger partial charge in [0.25, 0.3) is 0 Å². The molecule has 0 atom stereocenters. The smallest absolute Gasteiger partial charge is 0.341 e. The van der Waals surface area contributed by atoms with Crippen LogP contribution < -0.4 is 5.32 Å². The van der Waals surface area contributed by atoms with Gasteiger partial charge in [-0.1, -0.05) is 28.1 Å². The molecule has 0 saturated heterocycles. The molecule has 0 spiro atoms. The van der Waals surface area contributed by atoms with Gasteiger partial charge in [-0.3, -0.25) is 4.98 Å². The minimum Gasteiger partial charge on any atom is -0.506 e. The lowest BCUT2D eigenvalue weighted by molar-refractivity contribution is 0.0527. The quantitative estimate of drug-likeness (QED) is 0.505. The molecule has 0 saturated carbocycles. The van der Waals surface area contributed by atoms with Crippen molar-refractivity contribution in [2.24, 2.45) is 0 Å². The number of para-hydroxylation sites is 2. The fourth-order valence-electron chi connectivity index (χ4n) is 2.38. The van der Waals surface area contributed by atoms with Gasteiger partial charge in [-0.25, -0.2) is 4.79 Å². The molecular weight excluding hydrogens is 372 g/mol. The Morgan fingerprint density at radius 1 is 1.29 bits per heavy atom. The van der Waals surface area contributed by atoms with Crippen molar-refractivity contribution in [3.8, 4) is 5.75 Å². The van der Waals surface area contributed by atoms with E-state index in [2.05, 4.69) is 26.2 Å². The van der Waals surface area contributed by atoms with Crippen LogP contribution in [0, 0.1) is 0 Å². The van der Waals surface area contributed by atoms with Crippen LogP contribution in [0.5, 0.6) is 5.75 Å². The van der Waals surface area contributed by atoms with Crippen molar-refractivity contribution in [1.82, 2.24) is 4.98 Å². The molecule has 2 aromatic carbocycles. The lowest BCUT2D eigenvalue weighted by Gasteiger charge is -2.15. The topological polar surface area (TPSA) is 71.5 Å². The number of aromatic hydroxyl groups is 1. The van der Waals surface area contributed by atoms with Gasteiger partial charge in [-0.2, -0.15) is 0 Å². The van der Waals surface area contributed by atoms with Crippen molar-refractivity contribution in [2.75, 3.05) is 11.9 Å². The largest absolute Gasteiger partial charge is 0.506 e. The number of hydrogen-bond donors (Lipinski definition) is 2. The summed E-state index contributed by atoms with van der Waals surface area (Å²) in [5.41, 5.74) is 2.08. The Morgan fingerprint density at radius 2 is 2.08 bits per heavy atom. The number of aromatic nitrogens is 1. The number of halogens is 1. The van der Waals surface area contributed by atoms with Crippen LogP contribution in [0.1, 0.15) is 17.3 Å². The Labute approximate surface area is 147 Å². The van der Waals surface area contributed by atoms with Gasteiger partial charge >= 0.3 is 5.97 Å². The number of fused-ring (bicyclic) bond motifs is 1. The van der Waals surface area contributed by atoms with Crippen LogP contribution in [0.25, 0.3) is 10.9 Å². The molecule has 6 heteroatoms. The van der Waals surface area contributed by atoms with E-state index in [9.17, 15) is 9.90 Å². The maximum atomic E-state index is 12.3. The molecule has 1 aromatic heterocycles. The molecular formula is C18H15BrN2O3. The van der Waals surface area contributed by atoms with E-state index in [1.165, 1.54) is 6.20 Å². The molecule has 3 aromatic rings. The second kappa shape index (κ2) is 6.88. The Balaban J connectivity index is 2.20. The first-order valence-corrected chi connectivity index (χ1v) is 8.20. The molecule has 0 aliphatic carbocycles. The highest BCUT2D eigenvalue weighted by molar-refractivity contribution is 9.10. The van der Waals surface area contributed by atoms with Crippen molar-refractivity contribution in [2.45, 2.75) is 6.92 Å². The minimum atomic E-state index is -0.468. The SMILES string of the molecule is CCOC(=O)c1cnc2ccc(Br)cc2c1Nc1ccccc1O. The minimum absolute atomic E-state index is 0.0901. The molecule has 1 heterocycles. The van der Waals surface area contributed by atoms with Gasteiger partial charge in [0.1, 0.15) is 11.3 Å². The van der Waals surface area contributed by atoms with Crippen molar-refractivity contribution in [1.29, 1.82) is 0 Å². The third-order valence-electron chi connectivity index (χ3n) is 3.49. The van der Waals surface area contributed by atoms with Gasteiger partial charge in [-0.15, -0.1) is 0 Å².